The van der Waals surface area contributed by atoms with Crippen molar-refractivity contribution in [1.29, 1.82) is 0 Å². The molecular formula is C40H57N4O14S-. The molecule has 0 aromatic heterocycles. The van der Waals surface area contributed by atoms with Crippen molar-refractivity contribution in [3.63, 3.8) is 0 Å². The van der Waals surface area contributed by atoms with E-state index in [0.29, 0.717) is 39.2 Å². The number of unbranched alkanes of at least 4 members (excludes halogenated alkanes) is 1. The molecule has 0 unspecified atom stereocenters. The lowest BCUT2D eigenvalue weighted by Crippen LogP contribution is -2.53. The predicted molar refractivity (Wildman–Crippen MR) is 213 cm³/mol. The Hall–Kier alpha value is -4.66. The lowest BCUT2D eigenvalue weighted by Gasteiger charge is -2.24. The zero-order valence-corrected chi connectivity index (χ0v) is 34.4. The van der Waals surface area contributed by atoms with Gasteiger partial charge in [-0.1, -0.05) is 62.4 Å². The van der Waals surface area contributed by atoms with Crippen LogP contribution in [-0.2, 0) is 53.0 Å². The lowest BCUT2D eigenvalue weighted by molar-refractivity contribution is -0.142. The van der Waals surface area contributed by atoms with Gasteiger partial charge in [0.2, 0.25) is 17.7 Å². The molecule has 1 aliphatic carbocycles. The Labute approximate surface area is 345 Å². The quantitative estimate of drug-likeness (QED) is 0.0556. The van der Waals surface area contributed by atoms with E-state index < -0.39 is 51.8 Å². The number of ether oxygens (including phenoxy) is 5. The van der Waals surface area contributed by atoms with Gasteiger partial charge < -0.3 is 54.6 Å². The summed E-state index contributed by atoms with van der Waals surface area (Å²) in [7, 11) is -4.37. The number of alkyl carbamates (subject to hydrolysis) is 1. The summed E-state index contributed by atoms with van der Waals surface area (Å²) in [6.45, 7) is 5.68. The van der Waals surface area contributed by atoms with Crippen LogP contribution in [0.5, 0.6) is 0 Å². The van der Waals surface area contributed by atoms with Crippen LogP contribution in [0.2, 0.25) is 0 Å². The molecule has 0 aliphatic heterocycles. The number of carboxylic acid groups (broad SMARTS) is 1. The molecule has 59 heavy (non-hydrogen) atoms. The Bertz CT molecular complexity index is 1710. The smallest absolute Gasteiger partial charge is 0.407 e. The monoisotopic (exact) mass is 849 g/mol. The van der Waals surface area contributed by atoms with Gasteiger partial charge >= 0.3 is 12.1 Å². The first-order valence-electron chi connectivity index (χ1n) is 19.7. The molecule has 0 bridgehead atoms. The first kappa shape index (κ1) is 48.7. The van der Waals surface area contributed by atoms with Crippen molar-refractivity contribution in [1.82, 2.24) is 21.3 Å². The highest BCUT2D eigenvalue weighted by molar-refractivity contribution is 7.85. The van der Waals surface area contributed by atoms with E-state index in [0.717, 1.165) is 22.3 Å². The first-order valence-corrected chi connectivity index (χ1v) is 21.3. The van der Waals surface area contributed by atoms with Crippen LogP contribution >= 0.6 is 0 Å². The molecule has 19 heteroatoms. The van der Waals surface area contributed by atoms with Crippen molar-refractivity contribution in [2.24, 2.45) is 5.92 Å². The highest BCUT2D eigenvalue weighted by Crippen LogP contribution is 2.44. The number of carbonyl (C=O) groups excluding carboxylic acids is 4. The zero-order valence-electron chi connectivity index (χ0n) is 33.6. The molecule has 0 fully saturated rings. The maximum atomic E-state index is 13.2. The summed E-state index contributed by atoms with van der Waals surface area (Å²) in [4.78, 5) is 61.7. The summed E-state index contributed by atoms with van der Waals surface area (Å²) in [6.07, 6.45) is 0.403. The van der Waals surface area contributed by atoms with E-state index in [4.69, 9.17) is 23.7 Å². The van der Waals surface area contributed by atoms with Crippen molar-refractivity contribution < 1.29 is 65.7 Å². The van der Waals surface area contributed by atoms with Gasteiger partial charge in [-0.25, -0.2) is 18.0 Å². The standard InChI is InChI=1S/C40H58N4O14S/c1-28(2)37(44-40(50)58-27-33-31-11-5-3-9-29(31)30-10-4-6-12-32(30)33)38(47)43-34(39(48)49)13-7-8-16-41-35(45)14-18-54-20-22-56-24-25-57-23-21-55-19-15-36(46)42-17-26-59(51,52)53/h3-6,9-12,28,33-34,37H,7-8,13-27H2,1-2H3,(H,41,45)(H,42,46)(H,43,47)(H,44,50)(H,48,49)(H,51,52,53)/p-1/t34-,37-/m0/s1. The molecule has 3 rings (SSSR count). The second-order valence-corrected chi connectivity index (χ2v) is 15.5. The second-order valence-electron chi connectivity index (χ2n) is 14.0. The Balaban J connectivity index is 1.19. The fourth-order valence-electron chi connectivity index (χ4n) is 6.11. The van der Waals surface area contributed by atoms with Crippen molar-refractivity contribution in [3.05, 3.63) is 59.7 Å². The second kappa shape index (κ2) is 26.4. The molecule has 0 saturated heterocycles. The molecular weight excluding hydrogens is 793 g/mol. The van der Waals surface area contributed by atoms with Gasteiger partial charge in [0.25, 0.3) is 0 Å². The van der Waals surface area contributed by atoms with Gasteiger partial charge in [-0.15, -0.1) is 0 Å². The molecule has 0 heterocycles. The largest absolute Gasteiger partial charge is 0.748 e. The Morgan fingerprint density at radius 1 is 0.712 bits per heavy atom. The number of rotatable bonds is 30. The molecule has 2 aromatic carbocycles. The van der Waals surface area contributed by atoms with Crippen LogP contribution < -0.4 is 21.3 Å². The maximum Gasteiger partial charge on any atom is 0.407 e. The Kier molecular flexibility index (Phi) is 21.8. The van der Waals surface area contributed by atoms with Crippen molar-refractivity contribution in [2.75, 3.05) is 78.3 Å². The minimum Gasteiger partial charge on any atom is -0.748 e. The molecule has 5 N–H and O–H groups in total. The fourth-order valence-corrected chi connectivity index (χ4v) is 6.46. The van der Waals surface area contributed by atoms with Crippen molar-refractivity contribution in [2.45, 2.75) is 64.0 Å². The summed E-state index contributed by atoms with van der Waals surface area (Å²) in [5.41, 5.74) is 4.29. The highest BCUT2D eigenvalue weighted by atomic mass is 32.2. The van der Waals surface area contributed by atoms with E-state index in [1.54, 1.807) is 13.8 Å². The number of benzene rings is 2. The molecule has 4 amide bonds. The average Bonchev–Trinajstić information content (AvgIpc) is 3.51. The maximum absolute atomic E-state index is 13.2. The highest BCUT2D eigenvalue weighted by Gasteiger charge is 2.31. The SMILES string of the molecule is CC(C)[C@H](NC(=O)OCC1c2ccccc2-c2ccccc21)C(=O)N[C@@H](CCCCNC(=O)CCOCCOCCOCCOCCC(=O)NCCS(=O)(=O)[O-])C(=O)O. The summed E-state index contributed by atoms with van der Waals surface area (Å²) in [6, 6.07) is 13.7. The van der Waals surface area contributed by atoms with E-state index in [1.807, 2.05) is 48.5 Å². The van der Waals surface area contributed by atoms with Gasteiger partial charge in [0.1, 0.15) is 18.7 Å². The minimum atomic E-state index is -4.37. The van der Waals surface area contributed by atoms with Crippen molar-refractivity contribution in [3.8, 4) is 11.1 Å². The Morgan fingerprint density at radius 3 is 1.69 bits per heavy atom. The predicted octanol–water partition coefficient (Wildman–Crippen LogP) is 1.91. The third-order valence-electron chi connectivity index (χ3n) is 9.16. The molecule has 2 atom stereocenters. The van der Waals surface area contributed by atoms with Crippen LogP contribution in [0.15, 0.2) is 48.5 Å². The number of amides is 4. The number of aliphatic carboxylic acids is 1. The molecule has 1 aliphatic rings. The number of fused-ring (bicyclic) bond motifs is 3. The van der Waals surface area contributed by atoms with E-state index >= 15 is 0 Å². The van der Waals surface area contributed by atoms with Crippen LogP contribution in [-0.4, -0.2) is 138 Å². The van der Waals surface area contributed by atoms with Crippen LogP contribution in [0.3, 0.4) is 0 Å². The van der Waals surface area contributed by atoms with Gasteiger partial charge in [0.15, 0.2) is 0 Å². The van der Waals surface area contributed by atoms with E-state index in [-0.39, 0.29) is 83.2 Å². The summed E-state index contributed by atoms with van der Waals surface area (Å²) in [5.74, 6) is -3.65. The zero-order chi connectivity index (χ0) is 43.0. The van der Waals surface area contributed by atoms with Gasteiger partial charge in [0.05, 0.1) is 68.7 Å². The third-order valence-corrected chi connectivity index (χ3v) is 9.86. The van der Waals surface area contributed by atoms with Gasteiger partial charge in [0, 0.05) is 31.8 Å². The number of hydrogen-bond acceptors (Lipinski definition) is 13. The summed E-state index contributed by atoms with van der Waals surface area (Å²) in [5, 5.41) is 20.0. The molecule has 18 nitrogen and oxygen atoms in total. The van der Waals surface area contributed by atoms with E-state index in [9.17, 15) is 42.0 Å². The Morgan fingerprint density at radius 2 is 1.20 bits per heavy atom. The average molecular weight is 850 g/mol. The normalized spacial score (nSPS) is 13.2. The molecule has 0 spiro atoms. The number of nitrogens with one attached hydrogen (secondary N) is 4. The third kappa shape index (κ3) is 18.9. The molecule has 328 valence electrons. The minimum absolute atomic E-state index is 0.0248. The molecule has 0 radical (unpaired) electrons. The van der Waals surface area contributed by atoms with Gasteiger partial charge in [-0.3, -0.25) is 14.4 Å². The molecule has 0 saturated carbocycles. The van der Waals surface area contributed by atoms with Crippen LogP contribution in [0.25, 0.3) is 11.1 Å². The van der Waals surface area contributed by atoms with Gasteiger partial charge in [-0.2, -0.15) is 0 Å². The first-order chi connectivity index (χ1) is 28.3. The van der Waals surface area contributed by atoms with Crippen molar-refractivity contribution >= 4 is 39.9 Å². The topological polar surface area (TPSA) is 257 Å². The number of carbonyl (C=O) groups is 5. The molecule has 2 aromatic rings. The lowest BCUT2D eigenvalue weighted by atomic mass is 9.98. The summed E-state index contributed by atoms with van der Waals surface area (Å²) >= 11 is 0. The van der Waals surface area contributed by atoms with Crippen LogP contribution in [0, 0.1) is 5.92 Å². The number of carboxylic acids is 1. The van der Waals surface area contributed by atoms with Crippen LogP contribution in [0.1, 0.15) is 63.0 Å². The fraction of sp³-hybridized carbons (Fsp3) is 0.575. The van der Waals surface area contributed by atoms with Gasteiger partial charge in [-0.05, 0) is 47.4 Å². The van der Waals surface area contributed by atoms with Crippen LogP contribution in [0.4, 0.5) is 4.79 Å². The summed E-state index contributed by atoms with van der Waals surface area (Å²) < 4.78 is 58.5. The van der Waals surface area contributed by atoms with E-state index in [2.05, 4.69) is 21.3 Å². The number of hydrogen-bond donors (Lipinski definition) is 5. The van der Waals surface area contributed by atoms with E-state index in [1.165, 1.54) is 0 Å².